The van der Waals surface area contributed by atoms with Crippen LogP contribution < -0.4 is 5.73 Å². The van der Waals surface area contributed by atoms with Crippen LogP contribution in [0.15, 0.2) is 30.3 Å². The fourth-order valence-electron chi connectivity index (χ4n) is 1.55. The molecule has 1 amide bonds. The Hall–Kier alpha value is -1.61. The molecule has 0 aliphatic heterocycles. The van der Waals surface area contributed by atoms with Crippen molar-refractivity contribution in [3.63, 3.8) is 0 Å². The van der Waals surface area contributed by atoms with Crippen molar-refractivity contribution in [2.45, 2.75) is 6.10 Å². The van der Waals surface area contributed by atoms with Gasteiger partial charge in [-0.15, -0.1) is 0 Å². The number of rotatable bonds is 1. The Balaban J connectivity index is 2.57. The maximum absolute atomic E-state index is 11.0. The van der Waals surface area contributed by atoms with Crippen molar-refractivity contribution >= 4 is 11.5 Å². The van der Waals surface area contributed by atoms with Crippen molar-refractivity contribution < 1.29 is 9.90 Å². The van der Waals surface area contributed by atoms with Crippen LogP contribution in [0.25, 0.3) is 5.57 Å². The summed E-state index contributed by atoms with van der Waals surface area (Å²) in [5, 5.41) is 9.52. The van der Waals surface area contributed by atoms with Crippen molar-refractivity contribution in [3.05, 3.63) is 41.5 Å². The van der Waals surface area contributed by atoms with E-state index in [0.29, 0.717) is 5.57 Å². The van der Waals surface area contributed by atoms with Gasteiger partial charge < -0.3 is 10.8 Å². The highest BCUT2D eigenvalue weighted by molar-refractivity contribution is 6.20. The molecule has 1 atom stereocenters. The van der Waals surface area contributed by atoms with Gasteiger partial charge in [0.25, 0.3) is 0 Å². The molecule has 1 aliphatic carbocycles. The molecule has 1 aromatic rings. The molecule has 0 bridgehead atoms. The quantitative estimate of drug-likeness (QED) is 0.656. The van der Waals surface area contributed by atoms with Gasteiger partial charge in [0.2, 0.25) is 5.91 Å². The highest BCUT2D eigenvalue weighted by atomic mass is 16.3. The summed E-state index contributed by atoms with van der Waals surface area (Å²) in [6, 6.07) is 7.20. The van der Waals surface area contributed by atoms with E-state index < -0.39 is 12.0 Å². The zero-order chi connectivity index (χ0) is 9.42. The number of primary amides is 1. The standard InChI is InChI=1S/C10H9NO2/c11-10(13)8-5-9(12)7-4-2-1-3-6(7)8/h1-5,9,12H,(H2,11,13). The predicted octanol–water partition coefficient (Wildman–Crippen LogP) is 0.602. The zero-order valence-electron chi connectivity index (χ0n) is 6.90. The van der Waals surface area contributed by atoms with Crippen LogP contribution >= 0.6 is 0 Å². The Kier molecular flexibility index (Phi) is 1.67. The van der Waals surface area contributed by atoms with Crippen molar-refractivity contribution in [1.82, 2.24) is 0 Å². The monoisotopic (exact) mass is 175 g/mol. The molecule has 0 aromatic heterocycles. The first kappa shape index (κ1) is 8.01. The van der Waals surface area contributed by atoms with E-state index in [1.807, 2.05) is 12.1 Å². The number of hydrogen-bond acceptors (Lipinski definition) is 2. The minimum absolute atomic E-state index is 0.406. The Morgan fingerprint density at radius 3 is 2.77 bits per heavy atom. The second-order valence-corrected chi connectivity index (χ2v) is 2.98. The van der Waals surface area contributed by atoms with Crippen LogP contribution in [0.4, 0.5) is 0 Å². The van der Waals surface area contributed by atoms with Crippen LogP contribution in [0.1, 0.15) is 17.2 Å². The van der Waals surface area contributed by atoms with Gasteiger partial charge in [-0.25, -0.2) is 0 Å². The Bertz CT molecular complexity index is 396. The average molecular weight is 175 g/mol. The number of fused-ring (bicyclic) bond motifs is 1. The normalized spacial score (nSPS) is 19.5. The molecule has 0 heterocycles. The Morgan fingerprint density at radius 1 is 1.38 bits per heavy atom. The van der Waals surface area contributed by atoms with Crippen LogP contribution in [-0.4, -0.2) is 11.0 Å². The van der Waals surface area contributed by atoms with Gasteiger partial charge >= 0.3 is 0 Å². The van der Waals surface area contributed by atoms with Gasteiger partial charge in [-0.05, 0) is 17.2 Å². The summed E-state index contributed by atoms with van der Waals surface area (Å²) in [6.07, 6.45) is 0.784. The third-order valence-electron chi connectivity index (χ3n) is 2.16. The molecule has 0 spiro atoms. The highest BCUT2D eigenvalue weighted by Gasteiger charge is 2.23. The molecule has 66 valence electrons. The molecule has 1 aromatic carbocycles. The van der Waals surface area contributed by atoms with Crippen molar-refractivity contribution in [2.75, 3.05) is 0 Å². The minimum Gasteiger partial charge on any atom is -0.384 e. The maximum atomic E-state index is 11.0. The summed E-state index contributed by atoms with van der Waals surface area (Å²) < 4.78 is 0. The molecule has 0 saturated carbocycles. The van der Waals surface area contributed by atoms with Gasteiger partial charge in [0.15, 0.2) is 0 Å². The van der Waals surface area contributed by atoms with E-state index in [2.05, 4.69) is 0 Å². The third kappa shape index (κ3) is 1.13. The number of benzene rings is 1. The number of carbonyl (C=O) groups excluding carboxylic acids is 1. The number of amides is 1. The van der Waals surface area contributed by atoms with Crippen LogP contribution in [0.2, 0.25) is 0 Å². The number of nitrogens with two attached hydrogens (primary N) is 1. The second-order valence-electron chi connectivity index (χ2n) is 2.98. The van der Waals surface area contributed by atoms with Crippen LogP contribution in [0.3, 0.4) is 0 Å². The van der Waals surface area contributed by atoms with Gasteiger partial charge in [-0.2, -0.15) is 0 Å². The summed E-state index contributed by atoms with van der Waals surface area (Å²) in [5.41, 5.74) is 7.05. The molecule has 1 aliphatic rings. The van der Waals surface area contributed by atoms with E-state index >= 15 is 0 Å². The van der Waals surface area contributed by atoms with Crippen molar-refractivity contribution in [3.8, 4) is 0 Å². The summed E-state index contributed by atoms with van der Waals surface area (Å²) in [5.74, 6) is -0.496. The molecule has 3 heteroatoms. The van der Waals surface area contributed by atoms with Crippen LogP contribution in [0, 0.1) is 0 Å². The number of hydrogen-bond donors (Lipinski definition) is 2. The van der Waals surface area contributed by atoms with Gasteiger partial charge in [0, 0.05) is 5.57 Å². The first-order valence-electron chi connectivity index (χ1n) is 3.99. The molecule has 0 radical (unpaired) electrons. The lowest BCUT2D eigenvalue weighted by Crippen LogP contribution is -2.11. The lowest BCUT2D eigenvalue weighted by atomic mass is 10.1. The fraction of sp³-hybridized carbons (Fsp3) is 0.100. The molecule has 13 heavy (non-hydrogen) atoms. The Labute approximate surface area is 75.5 Å². The second kappa shape index (κ2) is 2.71. The van der Waals surface area contributed by atoms with E-state index in [1.54, 1.807) is 12.1 Å². The van der Waals surface area contributed by atoms with Gasteiger partial charge in [0.05, 0.1) is 6.10 Å². The summed E-state index contributed by atoms with van der Waals surface area (Å²) in [4.78, 5) is 11.0. The Morgan fingerprint density at radius 2 is 2.08 bits per heavy atom. The lowest BCUT2D eigenvalue weighted by molar-refractivity contribution is -0.112. The van der Waals surface area contributed by atoms with Gasteiger partial charge in [0.1, 0.15) is 0 Å². The number of aliphatic hydroxyl groups excluding tert-OH is 1. The zero-order valence-corrected chi connectivity index (χ0v) is 6.90. The van der Waals surface area contributed by atoms with E-state index in [-0.39, 0.29) is 0 Å². The van der Waals surface area contributed by atoms with E-state index in [0.717, 1.165) is 11.1 Å². The SMILES string of the molecule is NC(=O)C1=CC(O)c2ccccc21. The molecular formula is C10H9NO2. The van der Waals surface area contributed by atoms with Crippen LogP contribution in [-0.2, 0) is 4.79 Å². The summed E-state index contributed by atoms with van der Waals surface area (Å²) in [6.45, 7) is 0. The molecule has 1 unspecified atom stereocenters. The number of aliphatic hydroxyl groups is 1. The van der Waals surface area contributed by atoms with Gasteiger partial charge in [-0.3, -0.25) is 4.79 Å². The highest BCUT2D eigenvalue weighted by Crippen LogP contribution is 2.33. The molecule has 2 rings (SSSR count). The molecule has 0 fully saturated rings. The molecular weight excluding hydrogens is 166 g/mol. The molecule has 3 nitrogen and oxygen atoms in total. The first-order chi connectivity index (χ1) is 6.20. The topological polar surface area (TPSA) is 63.3 Å². The van der Waals surface area contributed by atoms with E-state index in [1.165, 1.54) is 6.08 Å². The first-order valence-corrected chi connectivity index (χ1v) is 3.99. The van der Waals surface area contributed by atoms with Crippen molar-refractivity contribution in [1.29, 1.82) is 0 Å². The summed E-state index contributed by atoms with van der Waals surface area (Å²) in [7, 11) is 0. The summed E-state index contributed by atoms with van der Waals surface area (Å²) >= 11 is 0. The number of carbonyl (C=O) groups is 1. The van der Waals surface area contributed by atoms with E-state index in [9.17, 15) is 9.90 Å². The van der Waals surface area contributed by atoms with Gasteiger partial charge in [-0.1, -0.05) is 24.3 Å². The largest absolute Gasteiger partial charge is 0.384 e. The smallest absolute Gasteiger partial charge is 0.249 e. The average Bonchev–Trinajstić information content (AvgIpc) is 2.45. The fourth-order valence-corrected chi connectivity index (χ4v) is 1.55. The minimum atomic E-state index is -0.696. The van der Waals surface area contributed by atoms with Crippen LogP contribution in [0.5, 0.6) is 0 Å². The lowest BCUT2D eigenvalue weighted by Gasteiger charge is -2.02. The predicted molar refractivity (Wildman–Crippen MR) is 48.6 cm³/mol. The molecule has 0 saturated heterocycles. The van der Waals surface area contributed by atoms with Crippen molar-refractivity contribution in [2.24, 2.45) is 5.73 Å². The maximum Gasteiger partial charge on any atom is 0.249 e. The third-order valence-corrected chi connectivity index (χ3v) is 2.16. The van der Waals surface area contributed by atoms with E-state index in [4.69, 9.17) is 5.73 Å². The molecule has 3 N–H and O–H groups in total.